The monoisotopic (exact) mass is 213 g/mol. The van der Waals surface area contributed by atoms with Crippen molar-refractivity contribution in [3.63, 3.8) is 0 Å². The van der Waals surface area contributed by atoms with Gasteiger partial charge in [-0.15, -0.1) is 0 Å². The second-order valence-electron chi connectivity index (χ2n) is 3.36. The molecule has 0 aromatic carbocycles. The maximum atomic E-state index is 6.03. The van der Waals surface area contributed by atoms with E-state index in [9.17, 15) is 0 Å². The molecule has 1 heterocycles. The molecule has 0 bridgehead atoms. The van der Waals surface area contributed by atoms with Crippen molar-refractivity contribution in [2.45, 2.75) is 19.4 Å². The van der Waals surface area contributed by atoms with Gasteiger partial charge in [0, 0.05) is 25.5 Å². The number of nitrogens with zero attached hydrogens (tertiary/aromatic N) is 2. The van der Waals surface area contributed by atoms with Crippen LogP contribution in [-0.2, 0) is 0 Å². The van der Waals surface area contributed by atoms with Crippen molar-refractivity contribution in [2.75, 3.05) is 18.5 Å². The van der Waals surface area contributed by atoms with E-state index < -0.39 is 0 Å². The Bertz CT molecular complexity index is 290. The lowest BCUT2D eigenvalue weighted by Crippen LogP contribution is -2.31. The fourth-order valence-corrected chi connectivity index (χ4v) is 1.58. The van der Waals surface area contributed by atoms with Gasteiger partial charge in [0.05, 0.1) is 10.7 Å². The number of pyridine rings is 1. The third-order valence-electron chi connectivity index (χ3n) is 2.38. The molecule has 1 atom stereocenters. The largest absolute Gasteiger partial charge is 0.371 e. The summed E-state index contributed by atoms with van der Waals surface area (Å²) in [6.07, 6.45) is 4.35. The summed E-state index contributed by atoms with van der Waals surface area (Å²) >= 11 is 6.03. The van der Waals surface area contributed by atoms with Gasteiger partial charge in [-0.1, -0.05) is 11.6 Å². The Hall–Kier alpha value is -0.800. The topological polar surface area (TPSA) is 42.1 Å². The van der Waals surface area contributed by atoms with Gasteiger partial charge in [0.15, 0.2) is 0 Å². The van der Waals surface area contributed by atoms with Gasteiger partial charge in [-0.2, -0.15) is 0 Å². The Balaban J connectivity index is 2.78. The molecule has 0 aliphatic heterocycles. The molecule has 0 saturated heterocycles. The maximum Gasteiger partial charge on any atom is 0.0822 e. The first kappa shape index (κ1) is 11.3. The van der Waals surface area contributed by atoms with Crippen LogP contribution < -0.4 is 10.6 Å². The summed E-state index contributed by atoms with van der Waals surface area (Å²) in [6.45, 7) is 2.82. The predicted molar refractivity (Wildman–Crippen MR) is 60.8 cm³/mol. The van der Waals surface area contributed by atoms with E-state index in [2.05, 4.69) is 16.8 Å². The van der Waals surface area contributed by atoms with Gasteiger partial charge >= 0.3 is 0 Å². The molecule has 0 radical (unpaired) electrons. The molecule has 0 fully saturated rings. The summed E-state index contributed by atoms with van der Waals surface area (Å²) in [5, 5.41) is 0.680. The molecular weight excluding hydrogens is 198 g/mol. The molecule has 0 spiro atoms. The number of halogens is 1. The van der Waals surface area contributed by atoms with Gasteiger partial charge in [-0.05, 0) is 26.0 Å². The third kappa shape index (κ3) is 2.59. The second-order valence-corrected chi connectivity index (χ2v) is 3.77. The molecule has 1 aromatic heterocycles. The van der Waals surface area contributed by atoms with Gasteiger partial charge < -0.3 is 10.6 Å². The first-order valence-corrected chi connectivity index (χ1v) is 5.07. The molecule has 0 aliphatic rings. The highest BCUT2D eigenvalue weighted by molar-refractivity contribution is 6.33. The molecule has 14 heavy (non-hydrogen) atoms. The fourth-order valence-electron chi connectivity index (χ4n) is 1.33. The molecule has 2 N–H and O–H groups in total. The second kappa shape index (κ2) is 5.17. The smallest absolute Gasteiger partial charge is 0.0822 e. The van der Waals surface area contributed by atoms with Crippen molar-refractivity contribution in [3.05, 3.63) is 23.5 Å². The van der Waals surface area contributed by atoms with E-state index in [1.165, 1.54) is 0 Å². The summed E-state index contributed by atoms with van der Waals surface area (Å²) in [7, 11) is 2.02. The molecular formula is C10H16ClN3. The Morgan fingerprint density at radius 3 is 2.93 bits per heavy atom. The number of nitrogens with two attached hydrogens (primary N) is 1. The quantitative estimate of drug-likeness (QED) is 0.831. The van der Waals surface area contributed by atoms with E-state index >= 15 is 0 Å². The van der Waals surface area contributed by atoms with Crippen molar-refractivity contribution in [1.82, 2.24) is 4.98 Å². The van der Waals surface area contributed by atoms with E-state index in [1.54, 1.807) is 12.4 Å². The molecule has 0 saturated carbocycles. The van der Waals surface area contributed by atoms with Crippen LogP contribution in [0.5, 0.6) is 0 Å². The molecule has 1 aromatic rings. The standard InChI is InChI=1S/C10H16ClN3/c1-8(3-5-12)14(2)10-4-6-13-7-9(10)11/h4,6-8H,3,5,12H2,1-2H3. The molecule has 1 rings (SSSR count). The third-order valence-corrected chi connectivity index (χ3v) is 2.67. The number of hydrogen-bond donors (Lipinski definition) is 1. The zero-order chi connectivity index (χ0) is 10.6. The van der Waals surface area contributed by atoms with Gasteiger partial charge in [0.1, 0.15) is 0 Å². The van der Waals surface area contributed by atoms with Gasteiger partial charge in [-0.3, -0.25) is 4.98 Å². The average Bonchev–Trinajstić information content (AvgIpc) is 2.18. The van der Waals surface area contributed by atoms with Crippen LogP contribution in [0.15, 0.2) is 18.5 Å². The SMILES string of the molecule is CC(CCN)N(C)c1ccncc1Cl. The van der Waals surface area contributed by atoms with Gasteiger partial charge in [0.2, 0.25) is 0 Å². The Kier molecular flexibility index (Phi) is 4.17. The van der Waals surface area contributed by atoms with Crippen LogP contribution in [0.2, 0.25) is 5.02 Å². The lowest BCUT2D eigenvalue weighted by atomic mass is 10.2. The number of hydrogen-bond acceptors (Lipinski definition) is 3. The van der Waals surface area contributed by atoms with E-state index in [0.29, 0.717) is 17.6 Å². The summed E-state index contributed by atoms with van der Waals surface area (Å²) in [6, 6.07) is 2.30. The first-order valence-electron chi connectivity index (χ1n) is 4.69. The minimum absolute atomic E-state index is 0.389. The molecule has 4 heteroatoms. The number of anilines is 1. The van der Waals surface area contributed by atoms with Crippen LogP contribution in [0.1, 0.15) is 13.3 Å². The van der Waals surface area contributed by atoms with Gasteiger partial charge in [-0.25, -0.2) is 0 Å². The van der Waals surface area contributed by atoms with E-state index in [-0.39, 0.29) is 0 Å². The molecule has 78 valence electrons. The van der Waals surface area contributed by atoms with Crippen molar-refractivity contribution < 1.29 is 0 Å². The summed E-state index contributed by atoms with van der Waals surface area (Å²) in [4.78, 5) is 6.07. The highest BCUT2D eigenvalue weighted by Gasteiger charge is 2.11. The Labute approximate surface area is 89.9 Å². The number of aromatic nitrogens is 1. The zero-order valence-corrected chi connectivity index (χ0v) is 9.33. The highest BCUT2D eigenvalue weighted by atomic mass is 35.5. The van der Waals surface area contributed by atoms with E-state index in [0.717, 1.165) is 12.1 Å². The molecule has 0 aliphatic carbocycles. The highest BCUT2D eigenvalue weighted by Crippen LogP contribution is 2.24. The van der Waals surface area contributed by atoms with Crippen molar-refractivity contribution in [1.29, 1.82) is 0 Å². The zero-order valence-electron chi connectivity index (χ0n) is 8.57. The van der Waals surface area contributed by atoms with Crippen molar-refractivity contribution in [2.24, 2.45) is 5.73 Å². The molecule has 1 unspecified atom stereocenters. The van der Waals surface area contributed by atoms with E-state index in [4.69, 9.17) is 17.3 Å². The Morgan fingerprint density at radius 2 is 2.36 bits per heavy atom. The first-order chi connectivity index (χ1) is 6.66. The van der Waals surface area contributed by atoms with Crippen LogP contribution in [0.4, 0.5) is 5.69 Å². The Morgan fingerprint density at radius 1 is 1.64 bits per heavy atom. The van der Waals surface area contributed by atoms with Crippen LogP contribution in [0.25, 0.3) is 0 Å². The van der Waals surface area contributed by atoms with Crippen LogP contribution in [0, 0.1) is 0 Å². The lowest BCUT2D eigenvalue weighted by Gasteiger charge is -2.27. The summed E-state index contributed by atoms with van der Waals surface area (Å²) < 4.78 is 0. The summed E-state index contributed by atoms with van der Waals surface area (Å²) in [5.41, 5.74) is 6.51. The average molecular weight is 214 g/mol. The van der Waals surface area contributed by atoms with E-state index in [1.807, 2.05) is 13.1 Å². The number of rotatable bonds is 4. The van der Waals surface area contributed by atoms with Gasteiger partial charge in [0.25, 0.3) is 0 Å². The van der Waals surface area contributed by atoms with Crippen LogP contribution in [-0.4, -0.2) is 24.6 Å². The maximum absolute atomic E-state index is 6.03. The normalized spacial score (nSPS) is 12.6. The molecule has 3 nitrogen and oxygen atoms in total. The van der Waals surface area contributed by atoms with Crippen molar-refractivity contribution >= 4 is 17.3 Å². The molecule has 0 amide bonds. The minimum atomic E-state index is 0.389. The summed E-state index contributed by atoms with van der Waals surface area (Å²) in [5.74, 6) is 0. The predicted octanol–water partition coefficient (Wildman–Crippen LogP) is 1.91. The fraction of sp³-hybridized carbons (Fsp3) is 0.500. The van der Waals surface area contributed by atoms with Crippen molar-refractivity contribution in [3.8, 4) is 0 Å². The van der Waals surface area contributed by atoms with Crippen LogP contribution in [0.3, 0.4) is 0 Å². The minimum Gasteiger partial charge on any atom is -0.371 e. The lowest BCUT2D eigenvalue weighted by molar-refractivity contribution is 0.635. The van der Waals surface area contributed by atoms with Crippen LogP contribution >= 0.6 is 11.6 Å².